The monoisotopic (exact) mass is 549 g/mol. The number of aliphatic hydroxyl groups is 1. The van der Waals surface area contributed by atoms with Crippen LogP contribution >= 0.6 is 11.8 Å². The number of carboxylic acids is 1. The Morgan fingerprint density at radius 3 is 2.26 bits per heavy atom. The van der Waals surface area contributed by atoms with Crippen LogP contribution in [-0.4, -0.2) is 81.2 Å². The van der Waals surface area contributed by atoms with E-state index in [1.54, 1.807) is 13.1 Å². The van der Waals surface area contributed by atoms with Crippen molar-refractivity contribution < 1.29 is 29.4 Å². The molecule has 38 heavy (non-hydrogen) atoms. The number of aromatic amines is 1. The van der Waals surface area contributed by atoms with Crippen LogP contribution in [0.1, 0.15) is 39.2 Å². The first-order valence-corrected chi connectivity index (χ1v) is 14.0. The number of para-hydroxylation sites is 1. The summed E-state index contributed by atoms with van der Waals surface area (Å²) in [6.07, 6.45) is 3.36. The van der Waals surface area contributed by atoms with Crippen molar-refractivity contribution in [1.82, 2.24) is 20.9 Å². The number of thioether (sulfide) groups is 1. The molecule has 0 aliphatic rings. The van der Waals surface area contributed by atoms with E-state index in [1.807, 2.05) is 37.4 Å². The fourth-order valence-corrected chi connectivity index (χ4v) is 4.40. The molecule has 2 rings (SSSR count). The summed E-state index contributed by atoms with van der Waals surface area (Å²) in [5.74, 6) is -2.91. The summed E-state index contributed by atoms with van der Waals surface area (Å²) in [5.41, 5.74) is 7.35. The molecule has 0 aliphatic carbocycles. The van der Waals surface area contributed by atoms with Crippen LogP contribution in [0.2, 0.25) is 0 Å². The number of amides is 3. The first-order chi connectivity index (χ1) is 18.0. The molecule has 0 fully saturated rings. The van der Waals surface area contributed by atoms with Gasteiger partial charge in [-0.1, -0.05) is 38.5 Å². The second-order valence-electron chi connectivity index (χ2n) is 9.44. The van der Waals surface area contributed by atoms with Gasteiger partial charge in [-0.05, 0) is 42.9 Å². The highest BCUT2D eigenvalue weighted by molar-refractivity contribution is 7.98. The molecule has 1 aromatic heterocycles. The Balaban J connectivity index is 2.34. The lowest BCUT2D eigenvalue weighted by Gasteiger charge is -2.27. The van der Waals surface area contributed by atoms with Gasteiger partial charge >= 0.3 is 5.97 Å². The van der Waals surface area contributed by atoms with E-state index in [-0.39, 0.29) is 18.8 Å². The average molecular weight is 550 g/mol. The lowest BCUT2D eigenvalue weighted by molar-refractivity contribution is -0.143. The van der Waals surface area contributed by atoms with E-state index in [1.165, 1.54) is 18.7 Å². The smallest absolute Gasteiger partial charge is 0.326 e. The zero-order valence-corrected chi connectivity index (χ0v) is 23.0. The molecule has 0 saturated carbocycles. The van der Waals surface area contributed by atoms with Gasteiger partial charge in [0.2, 0.25) is 17.7 Å². The first kappa shape index (κ1) is 31.1. The predicted molar refractivity (Wildman–Crippen MR) is 148 cm³/mol. The van der Waals surface area contributed by atoms with E-state index in [0.29, 0.717) is 12.2 Å². The molecule has 3 amide bonds. The molecule has 0 bridgehead atoms. The summed E-state index contributed by atoms with van der Waals surface area (Å²) in [7, 11) is 0. The Labute approximate surface area is 226 Å². The van der Waals surface area contributed by atoms with Crippen LogP contribution in [0.3, 0.4) is 0 Å². The number of aliphatic carboxylic acids is 1. The third-order valence-corrected chi connectivity index (χ3v) is 7.22. The number of hydrogen-bond donors (Lipinski definition) is 7. The van der Waals surface area contributed by atoms with Crippen molar-refractivity contribution in [3.63, 3.8) is 0 Å². The Bertz CT molecular complexity index is 1110. The molecule has 2 aromatic rings. The van der Waals surface area contributed by atoms with Gasteiger partial charge < -0.3 is 36.9 Å². The highest BCUT2D eigenvalue weighted by atomic mass is 32.2. The number of carboxylic acid groups (broad SMARTS) is 1. The van der Waals surface area contributed by atoms with Crippen LogP contribution in [0.25, 0.3) is 10.9 Å². The number of rotatable bonds is 15. The van der Waals surface area contributed by atoms with Gasteiger partial charge in [0.25, 0.3) is 0 Å². The molecule has 6 unspecified atom stereocenters. The third kappa shape index (κ3) is 8.47. The Morgan fingerprint density at radius 1 is 1.03 bits per heavy atom. The van der Waals surface area contributed by atoms with Crippen molar-refractivity contribution in [2.24, 2.45) is 11.7 Å². The maximum absolute atomic E-state index is 13.4. The highest BCUT2D eigenvalue weighted by Gasteiger charge is 2.32. The molecular formula is C26H39N5O6S. The summed E-state index contributed by atoms with van der Waals surface area (Å²) in [5, 5.41) is 28.1. The summed E-state index contributed by atoms with van der Waals surface area (Å²) in [6.45, 7) is 4.93. The standard InChI is InChI=1S/C26H39N5O6S/c1-5-14(2)22(26(36)37)31-24(34)20(12-16-13-28-18-9-7-6-8-17(16)18)30-23(33)19(10-11-38-4)29-25(35)21(27)15(3)32/h6-9,13-15,19-22,28,32H,5,10-12,27H2,1-4H3,(H,29,35)(H,30,33)(H,31,34)(H,36,37). The molecule has 0 radical (unpaired) electrons. The molecule has 11 nitrogen and oxygen atoms in total. The summed E-state index contributed by atoms with van der Waals surface area (Å²) < 4.78 is 0. The number of H-pyrrole nitrogens is 1. The Hall–Kier alpha value is -3.09. The van der Waals surface area contributed by atoms with Crippen LogP contribution < -0.4 is 21.7 Å². The zero-order valence-electron chi connectivity index (χ0n) is 22.2. The van der Waals surface area contributed by atoms with Gasteiger partial charge in [0.1, 0.15) is 24.2 Å². The van der Waals surface area contributed by atoms with E-state index in [0.717, 1.165) is 16.5 Å². The number of fused-ring (bicyclic) bond motifs is 1. The minimum Gasteiger partial charge on any atom is -0.480 e. The number of nitrogens with one attached hydrogen (secondary N) is 4. The van der Waals surface area contributed by atoms with E-state index in [4.69, 9.17) is 5.73 Å². The number of aliphatic hydroxyl groups excluding tert-OH is 1. The van der Waals surface area contributed by atoms with Crippen molar-refractivity contribution in [3.8, 4) is 0 Å². The van der Waals surface area contributed by atoms with Crippen molar-refractivity contribution in [2.75, 3.05) is 12.0 Å². The molecule has 12 heteroatoms. The van der Waals surface area contributed by atoms with Crippen LogP contribution in [0.15, 0.2) is 30.5 Å². The van der Waals surface area contributed by atoms with Gasteiger partial charge in [-0.25, -0.2) is 4.79 Å². The lowest BCUT2D eigenvalue weighted by atomic mass is 9.98. The first-order valence-electron chi connectivity index (χ1n) is 12.6. The number of benzene rings is 1. The van der Waals surface area contributed by atoms with Gasteiger partial charge in [0.15, 0.2) is 0 Å². The van der Waals surface area contributed by atoms with E-state index < -0.39 is 54.0 Å². The quantitative estimate of drug-likeness (QED) is 0.170. The molecular weight excluding hydrogens is 510 g/mol. The van der Waals surface area contributed by atoms with Crippen LogP contribution in [0, 0.1) is 5.92 Å². The van der Waals surface area contributed by atoms with Gasteiger partial charge in [0, 0.05) is 23.5 Å². The van der Waals surface area contributed by atoms with Gasteiger partial charge in [-0.2, -0.15) is 11.8 Å². The number of hydrogen-bond acceptors (Lipinski definition) is 7. The summed E-state index contributed by atoms with van der Waals surface area (Å²) in [4.78, 5) is 54.2. The average Bonchev–Trinajstić information content (AvgIpc) is 3.30. The minimum atomic E-state index is -1.23. The van der Waals surface area contributed by atoms with Crippen molar-refractivity contribution in [3.05, 3.63) is 36.0 Å². The summed E-state index contributed by atoms with van der Waals surface area (Å²) in [6, 6.07) is 3.01. The van der Waals surface area contributed by atoms with Crippen molar-refractivity contribution in [2.45, 2.75) is 70.3 Å². The predicted octanol–water partition coefficient (Wildman–Crippen LogP) is 0.757. The van der Waals surface area contributed by atoms with E-state index in [9.17, 15) is 29.4 Å². The zero-order chi connectivity index (χ0) is 28.4. The summed E-state index contributed by atoms with van der Waals surface area (Å²) >= 11 is 1.48. The highest BCUT2D eigenvalue weighted by Crippen LogP contribution is 2.20. The second kappa shape index (κ2) is 14.7. The molecule has 210 valence electrons. The van der Waals surface area contributed by atoms with E-state index in [2.05, 4.69) is 20.9 Å². The maximum atomic E-state index is 13.4. The molecule has 6 atom stereocenters. The van der Waals surface area contributed by atoms with Crippen LogP contribution in [0.4, 0.5) is 0 Å². The maximum Gasteiger partial charge on any atom is 0.326 e. The van der Waals surface area contributed by atoms with Crippen LogP contribution in [-0.2, 0) is 25.6 Å². The minimum absolute atomic E-state index is 0.0881. The molecule has 0 saturated heterocycles. The SMILES string of the molecule is CCC(C)C(NC(=O)C(Cc1c[nH]c2ccccc12)NC(=O)C(CCSC)NC(=O)C(N)C(C)O)C(=O)O. The number of aromatic nitrogens is 1. The number of nitrogens with two attached hydrogens (primary N) is 1. The van der Waals surface area contributed by atoms with Crippen LogP contribution in [0.5, 0.6) is 0 Å². The van der Waals surface area contributed by atoms with Gasteiger partial charge in [0.05, 0.1) is 6.10 Å². The molecule has 1 aromatic carbocycles. The molecule has 8 N–H and O–H groups in total. The number of carbonyl (C=O) groups is 4. The number of carbonyl (C=O) groups excluding carboxylic acids is 3. The van der Waals surface area contributed by atoms with Gasteiger partial charge in [-0.3, -0.25) is 14.4 Å². The van der Waals surface area contributed by atoms with Crippen molar-refractivity contribution >= 4 is 46.4 Å². The van der Waals surface area contributed by atoms with Crippen molar-refractivity contribution in [1.29, 1.82) is 0 Å². The molecule has 0 spiro atoms. The molecule has 1 heterocycles. The molecule has 0 aliphatic heterocycles. The fourth-order valence-electron chi connectivity index (χ4n) is 3.93. The lowest BCUT2D eigenvalue weighted by Crippen LogP contribution is -2.59. The fraction of sp³-hybridized carbons (Fsp3) is 0.538. The second-order valence-corrected chi connectivity index (χ2v) is 10.4. The Kier molecular flexibility index (Phi) is 12.1. The Morgan fingerprint density at radius 2 is 1.66 bits per heavy atom. The topological polar surface area (TPSA) is 187 Å². The normalized spacial score (nSPS) is 16.1. The van der Waals surface area contributed by atoms with Gasteiger partial charge in [-0.15, -0.1) is 0 Å². The largest absolute Gasteiger partial charge is 0.480 e. The van der Waals surface area contributed by atoms with E-state index >= 15 is 0 Å². The third-order valence-electron chi connectivity index (χ3n) is 6.57.